The highest BCUT2D eigenvalue weighted by atomic mass is 35.5. The Morgan fingerprint density at radius 1 is 1.07 bits per heavy atom. The molecule has 6 rings (SSSR count). The van der Waals surface area contributed by atoms with Crippen molar-refractivity contribution in [3.63, 3.8) is 0 Å². The molecule has 42 heavy (non-hydrogen) atoms. The second kappa shape index (κ2) is 11.5. The zero-order valence-electron chi connectivity index (χ0n) is 23.4. The van der Waals surface area contributed by atoms with E-state index in [1.807, 2.05) is 47.3 Å². The summed E-state index contributed by atoms with van der Waals surface area (Å²) in [5, 5.41) is 34.5. The van der Waals surface area contributed by atoms with Crippen LogP contribution in [0.3, 0.4) is 0 Å². The highest BCUT2D eigenvalue weighted by Crippen LogP contribution is 2.34. The van der Waals surface area contributed by atoms with E-state index in [1.54, 1.807) is 20.0 Å². The molecule has 0 unspecified atom stereocenters. The summed E-state index contributed by atoms with van der Waals surface area (Å²) in [5.41, 5.74) is 6.55. The van der Waals surface area contributed by atoms with Gasteiger partial charge in [-0.05, 0) is 60.4 Å². The van der Waals surface area contributed by atoms with Crippen LogP contribution in [0.5, 0.6) is 6.01 Å². The normalized spacial score (nSPS) is 19.3. The van der Waals surface area contributed by atoms with E-state index in [2.05, 4.69) is 39.3 Å². The van der Waals surface area contributed by atoms with Crippen LogP contribution in [-0.2, 0) is 11.2 Å². The smallest absolute Gasteiger partial charge is 0.294 e. The lowest BCUT2D eigenvalue weighted by atomic mass is 10.00. The summed E-state index contributed by atoms with van der Waals surface area (Å²) in [6, 6.07) is 20.4. The van der Waals surface area contributed by atoms with Crippen molar-refractivity contribution in [3.05, 3.63) is 83.6 Å². The van der Waals surface area contributed by atoms with E-state index in [0.717, 1.165) is 39.0 Å². The predicted molar refractivity (Wildman–Crippen MR) is 161 cm³/mol. The van der Waals surface area contributed by atoms with Gasteiger partial charge in [-0.2, -0.15) is 10.1 Å². The molecule has 218 valence electrons. The van der Waals surface area contributed by atoms with Crippen LogP contribution in [0.2, 0.25) is 5.02 Å². The number of aliphatic hydroxyl groups excluding tert-OH is 2. The highest BCUT2D eigenvalue weighted by Gasteiger charge is 2.31. The molecule has 2 aromatic heterocycles. The lowest BCUT2D eigenvalue weighted by molar-refractivity contribution is -0.131. The molecule has 0 saturated carbocycles. The van der Waals surface area contributed by atoms with E-state index >= 15 is 0 Å². The van der Waals surface area contributed by atoms with Gasteiger partial charge in [0.25, 0.3) is 6.01 Å². The van der Waals surface area contributed by atoms with E-state index < -0.39 is 17.8 Å². The Balaban J connectivity index is 1.16. The van der Waals surface area contributed by atoms with E-state index in [-0.39, 0.29) is 19.3 Å². The molecular formula is C32H33ClN4O5. The van der Waals surface area contributed by atoms with Crippen molar-refractivity contribution in [2.75, 3.05) is 13.2 Å². The average Bonchev–Trinajstić information content (AvgIpc) is 3.58. The van der Waals surface area contributed by atoms with Crippen molar-refractivity contribution in [3.8, 4) is 34.0 Å². The molecule has 5 aromatic rings. The van der Waals surface area contributed by atoms with E-state index in [9.17, 15) is 15.3 Å². The Kier molecular flexibility index (Phi) is 7.78. The highest BCUT2D eigenvalue weighted by molar-refractivity contribution is 6.34. The summed E-state index contributed by atoms with van der Waals surface area (Å²) in [7, 11) is 0. The number of hydrogen-bond acceptors (Lipinski definition) is 7. The molecule has 1 aliphatic rings. The number of imidazole rings is 1. The number of halogens is 1. The van der Waals surface area contributed by atoms with Crippen LogP contribution in [0.25, 0.3) is 39.0 Å². The minimum absolute atomic E-state index is 0.231. The van der Waals surface area contributed by atoms with Gasteiger partial charge in [0, 0.05) is 24.6 Å². The average molecular weight is 589 g/mol. The van der Waals surface area contributed by atoms with Gasteiger partial charge in [0.05, 0.1) is 52.9 Å². The summed E-state index contributed by atoms with van der Waals surface area (Å²) in [4.78, 5) is 7.71. The van der Waals surface area contributed by atoms with Crippen LogP contribution < -0.4 is 4.74 Å². The molecule has 10 heteroatoms. The number of ether oxygens (including phenoxy) is 2. The zero-order chi connectivity index (χ0) is 29.4. The number of rotatable bonds is 8. The zero-order valence-corrected chi connectivity index (χ0v) is 24.1. The third kappa shape index (κ3) is 6.21. The van der Waals surface area contributed by atoms with Gasteiger partial charge < -0.3 is 29.8 Å². The lowest BCUT2D eigenvalue weighted by Crippen LogP contribution is -2.45. The summed E-state index contributed by atoms with van der Waals surface area (Å²) in [6.45, 7) is 3.60. The summed E-state index contributed by atoms with van der Waals surface area (Å²) in [6.07, 6.45) is 2.85. The largest absolute Gasteiger partial charge is 0.459 e. The third-order valence-corrected chi connectivity index (χ3v) is 7.68. The molecule has 0 bridgehead atoms. The van der Waals surface area contributed by atoms with Gasteiger partial charge in [-0.15, -0.1) is 0 Å². The molecule has 1 saturated heterocycles. The van der Waals surface area contributed by atoms with E-state index in [1.165, 1.54) is 0 Å². The Morgan fingerprint density at radius 2 is 1.76 bits per heavy atom. The Morgan fingerprint density at radius 3 is 2.43 bits per heavy atom. The minimum atomic E-state index is -0.796. The number of H-pyrrole nitrogens is 1. The van der Waals surface area contributed by atoms with Crippen molar-refractivity contribution in [1.29, 1.82) is 0 Å². The van der Waals surface area contributed by atoms with Crippen molar-refractivity contribution >= 4 is 22.6 Å². The summed E-state index contributed by atoms with van der Waals surface area (Å²) in [5.74, 6) is 0. The SMILES string of the molecule is CC(C)(O)Cc1cnn(-c2ccc(-c3ccc(-c4cc5nc(O[C@H]6CO[C@H](CO)[C@@H](O)C6)[nH]c5cc4Cl)cc3)cc2)c1. The number of benzene rings is 3. The molecule has 1 fully saturated rings. The van der Waals surface area contributed by atoms with Gasteiger partial charge in [-0.25, -0.2) is 4.68 Å². The van der Waals surface area contributed by atoms with Crippen molar-refractivity contribution in [2.45, 2.75) is 50.6 Å². The molecule has 3 aromatic carbocycles. The van der Waals surface area contributed by atoms with E-state index in [0.29, 0.717) is 29.4 Å². The molecule has 0 radical (unpaired) electrons. The van der Waals surface area contributed by atoms with Crippen molar-refractivity contribution in [2.24, 2.45) is 0 Å². The summed E-state index contributed by atoms with van der Waals surface area (Å²) >= 11 is 6.67. The first-order chi connectivity index (χ1) is 20.1. The number of hydrogen-bond donors (Lipinski definition) is 4. The standard InChI is InChI=1S/C32H33ClN4O5/c1-32(2,40)14-19-15-34-37(16-19)23-9-7-21(8-10-23)20-3-5-22(6-4-20)25-12-27-28(13-26(25)33)36-31(35-27)42-24-11-29(39)30(17-38)41-18-24/h3-10,12-13,15-16,24,29-30,38-40H,11,14,17-18H2,1-2H3,(H,35,36)/t24-,29+,30-/m1/s1. The molecule has 1 aliphatic heterocycles. The fourth-order valence-corrected chi connectivity index (χ4v) is 5.54. The van der Waals surface area contributed by atoms with Gasteiger partial charge in [0.15, 0.2) is 0 Å². The molecule has 0 spiro atoms. The van der Waals surface area contributed by atoms with Crippen LogP contribution in [0.15, 0.2) is 73.1 Å². The quantitative estimate of drug-likeness (QED) is 0.202. The maximum atomic E-state index is 10.1. The van der Waals surface area contributed by atoms with Crippen LogP contribution >= 0.6 is 11.6 Å². The Bertz CT molecular complexity index is 1670. The number of nitrogens with one attached hydrogen (secondary N) is 1. The monoisotopic (exact) mass is 588 g/mol. The molecular weight excluding hydrogens is 556 g/mol. The predicted octanol–water partition coefficient (Wildman–Crippen LogP) is 4.94. The molecule has 3 atom stereocenters. The number of fused-ring (bicyclic) bond motifs is 1. The van der Waals surface area contributed by atoms with Crippen LogP contribution in [-0.4, -0.2) is 72.2 Å². The topological polar surface area (TPSA) is 126 Å². The minimum Gasteiger partial charge on any atom is -0.459 e. The Hall–Kier alpha value is -3.73. The van der Waals surface area contributed by atoms with Gasteiger partial charge in [0.2, 0.25) is 0 Å². The number of nitrogens with zero attached hydrogens (tertiary/aromatic N) is 3. The molecule has 0 amide bonds. The molecule has 0 aliphatic carbocycles. The number of aliphatic hydroxyl groups is 3. The first-order valence-electron chi connectivity index (χ1n) is 13.9. The molecule has 3 heterocycles. The molecule has 4 N–H and O–H groups in total. The molecule has 9 nitrogen and oxygen atoms in total. The van der Waals surface area contributed by atoms with Crippen LogP contribution in [0.1, 0.15) is 25.8 Å². The second-order valence-corrected chi connectivity index (χ2v) is 11.8. The second-order valence-electron chi connectivity index (χ2n) is 11.4. The summed E-state index contributed by atoms with van der Waals surface area (Å²) < 4.78 is 13.2. The van der Waals surface area contributed by atoms with E-state index in [4.69, 9.17) is 21.1 Å². The van der Waals surface area contributed by atoms with Gasteiger partial charge in [-0.1, -0.05) is 48.0 Å². The van der Waals surface area contributed by atoms with Crippen LogP contribution in [0, 0.1) is 0 Å². The fraction of sp³-hybridized carbons (Fsp3) is 0.312. The number of aromatic amines is 1. The maximum Gasteiger partial charge on any atom is 0.294 e. The van der Waals surface area contributed by atoms with Crippen molar-refractivity contribution < 1.29 is 24.8 Å². The number of aromatic nitrogens is 4. The van der Waals surface area contributed by atoms with Crippen LogP contribution in [0.4, 0.5) is 0 Å². The third-order valence-electron chi connectivity index (χ3n) is 7.37. The lowest BCUT2D eigenvalue weighted by Gasteiger charge is -2.31. The fourth-order valence-electron chi connectivity index (χ4n) is 5.27. The van der Waals surface area contributed by atoms with Gasteiger partial charge in [-0.3, -0.25) is 0 Å². The van der Waals surface area contributed by atoms with Crippen molar-refractivity contribution in [1.82, 2.24) is 19.7 Å². The van der Waals surface area contributed by atoms with Gasteiger partial charge in [0.1, 0.15) is 12.2 Å². The first kappa shape index (κ1) is 28.4. The Labute approximate surface area is 248 Å². The first-order valence-corrected chi connectivity index (χ1v) is 14.3. The van der Waals surface area contributed by atoms with Gasteiger partial charge >= 0.3 is 0 Å². The maximum absolute atomic E-state index is 10.1.